The molecule has 1 heterocycles. The number of rotatable bonds is 8. The summed E-state index contributed by atoms with van der Waals surface area (Å²) in [5.41, 5.74) is 0. The van der Waals surface area contributed by atoms with Crippen LogP contribution in [0.15, 0.2) is 0 Å². The van der Waals surface area contributed by atoms with E-state index < -0.39 is 0 Å². The van der Waals surface area contributed by atoms with Crippen molar-refractivity contribution in [1.82, 2.24) is 5.32 Å². The number of hydrogen-bond donors (Lipinski definition) is 1. The zero-order valence-electron chi connectivity index (χ0n) is 12.2. The van der Waals surface area contributed by atoms with Crippen LogP contribution in [0.4, 0.5) is 0 Å². The molecule has 1 rings (SSSR count). The molecule has 4 unspecified atom stereocenters. The van der Waals surface area contributed by atoms with Crippen molar-refractivity contribution in [3.63, 3.8) is 0 Å². The van der Waals surface area contributed by atoms with Crippen LogP contribution < -0.4 is 5.32 Å². The number of nitrogens with one attached hydrogen (secondary N) is 1. The summed E-state index contributed by atoms with van der Waals surface area (Å²) >= 11 is 0. The first-order valence-corrected chi connectivity index (χ1v) is 7.56. The highest BCUT2D eigenvalue weighted by molar-refractivity contribution is 4.79. The van der Waals surface area contributed by atoms with Crippen LogP contribution in [0.5, 0.6) is 0 Å². The summed E-state index contributed by atoms with van der Waals surface area (Å²) in [7, 11) is 0. The smallest absolute Gasteiger partial charge is 0.0613 e. The monoisotopic (exact) mass is 241 g/mol. The van der Waals surface area contributed by atoms with Gasteiger partial charge in [-0.15, -0.1) is 0 Å². The average Bonchev–Trinajstić information content (AvgIpc) is 2.81. The summed E-state index contributed by atoms with van der Waals surface area (Å²) in [6.45, 7) is 11.3. The maximum atomic E-state index is 5.74. The van der Waals surface area contributed by atoms with Crippen LogP contribution in [0, 0.1) is 11.8 Å². The van der Waals surface area contributed by atoms with Gasteiger partial charge in [0.1, 0.15) is 0 Å². The predicted octanol–water partition coefficient (Wildman–Crippen LogP) is 3.61. The molecule has 0 radical (unpaired) electrons. The van der Waals surface area contributed by atoms with Crippen LogP contribution in [0.25, 0.3) is 0 Å². The lowest BCUT2D eigenvalue weighted by molar-refractivity contribution is 0.0863. The lowest BCUT2D eigenvalue weighted by Gasteiger charge is -2.24. The Bertz CT molecular complexity index is 195. The largest absolute Gasteiger partial charge is 0.378 e. The molecule has 1 N–H and O–H groups in total. The van der Waals surface area contributed by atoms with Crippen molar-refractivity contribution in [2.45, 2.75) is 71.9 Å². The van der Waals surface area contributed by atoms with Crippen molar-refractivity contribution >= 4 is 0 Å². The minimum absolute atomic E-state index is 0.503. The molecule has 0 aromatic carbocycles. The second-order valence-corrected chi connectivity index (χ2v) is 5.63. The highest BCUT2D eigenvalue weighted by Gasteiger charge is 2.26. The third-order valence-electron chi connectivity index (χ3n) is 4.29. The Hall–Kier alpha value is -0.0800. The summed E-state index contributed by atoms with van der Waals surface area (Å²) in [4.78, 5) is 0. The molecule has 1 aliphatic heterocycles. The van der Waals surface area contributed by atoms with E-state index in [0.717, 1.165) is 31.4 Å². The summed E-state index contributed by atoms with van der Waals surface area (Å²) in [5, 5.41) is 3.76. The molecule has 0 bridgehead atoms. The van der Waals surface area contributed by atoms with Gasteiger partial charge in [-0.2, -0.15) is 0 Å². The van der Waals surface area contributed by atoms with E-state index in [1.165, 1.54) is 25.7 Å². The van der Waals surface area contributed by atoms with Gasteiger partial charge >= 0.3 is 0 Å². The zero-order chi connectivity index (χ0) is 12.7. The van der Waals surface area contributed by atoms with Crippen molar-refractivity contribution in [1.29, 1.82) is 0 Å². The van der Waals surface area contributed by atoms with E-state index >= 15 is 0 Å². The molecule has 0 aromatic rings. The van der Waals surface area contributed by atoms with E-state index in [1.807, 2.05) is 0 Å². The molecular formula is C15H31NO. The van der Waals surface area contributed by atoms with E-state index in [9.17, 15) is 0 Å². The van der Waals surface area contributed by atoms with Gasteiger partial charge in [0.15, 0.2) is 0 Å². The van der Waals surface area contributed by atoms with Crippen LogP contribution in [0.1, 0.15) is 59.8 Å². The molecule has 102 valence electrons. The Morgan fingerprint density at radius 2 is 2.00 bits per heavy atom. The Morgan fingerprint density at radius 3 is 2.59 bits per heavy atom. The fourth-order valence-electron chi connectivity index (χ4n) is 2.74. The number of hydrogen-bond acceptors (Lipinski definition) is 2. The highest BCUT2D eigenvalue weighted by Crippen LogP contribution is 2.23. The zero-order valence-corrected chi connectivity index (χ0v) is 12.2. The van der Waals surface area contributed by atoms with Crippen molar-refractivity contribution in [3.8, 4) is 0 Å². The quantitative estimate of drug-likeness (QED) is 0.701. The standard InChI is InChI=1S/C15H31NO/c1-5-12(4)10-14(6-2)16-11-13-8-9-17-15(13)7-3/h12-16H,5-11H2,1-4H3. The molecule has 0 aromatic heterocycles. The van der Waals surface area contributed by atoms with E-state index in [0.29, 0.717) is 12.1 Å². The molecule has 2 nitrogen and oxygen atoms in total. The van der Waals surface area contributed by atoms with Gasteiger partial charge in [-0.25, -0.2) is 0 Å². The van der Waals surface area contributed by atoms with Crippen molar-refractivity contribution in [2.24, 2.45) is 11.8 Å². The molecule has 17 heavy (non-hydrogen) atoms. The lowest BCUT2D eigenvalue weighted by Crippen LogP contribution is -2.36. The topological polar surface area (TPSA) is 21.3 Å². The van der Waals surface area contributed by atoms with E-state index in [4.69, 9.17) is 4.74 Å². The lowest BCUT2D eigenvalue weighted by atomic mass is 9.95. The molecule has 4 atom stereocenters. The van der Waals surface area contributed by atoms with E-state index in [1.54, 1.807) is 0 Å². The third kappa shape index (κ3) is 4.97. The fraction of sp³-hybridized carbons (Fsp3) is 1.00. The fourth-order valence-corrected chi connectivity index (χ4v) is 2.74. The first-order valence-electron chi connectivity index (χ1n) is 7.56. The summed E-state index contributed by atoms with van der Waals surface area (Å²) in [6.07, 6.45) is 6.76. The normalized spacial score (nSPS) is 28.2. The Morgan fingerprint density at radius 1 is 1.24 bits per heavy atom. The number of ether oxygens (including phenoxy) is 1. The van der Waals surface area contributed by atoms with Gasteiger partial charge < -0.3 is 10.1 Å². The molecular weight excluding hydrogens is 210 g/mol. The molecule has 1 fully saturated rings. The molecule has 1 saturated heterocycles. The van der Waals surface area contributed by atoms with Gasteiger partial charge in [-0.1, -0.05) is 34.1 Å². The molecule has 0 amide bonds. The first kappa shape index (κ1) is 15.0. The average molecular weight is 241 g/mol. The van der Waals surface area contributed by atoms with Gasteiger partial charge in [0.2, 0.25) is 0 Å². The van der Waals surface area contributed by atoms with Crippen LogP contribution in [0.2, 0.25) is 0 Å². The molecule has 2 heteroatoms. The van der Waals surface area contributed by atoms with Gasteiger partial charge in [0.25, 0.3) is 0 Å². The van der Waals surface area contributed by atoms with Crippen LogP contribution in [-0.2, 0) is 4.74 Å². The SMILES string of the molecule is CCC(C)CC(CC)NCC1CCOC1CC. The second-order valence-electron chi connectivity index (χ2n) is 5.63. The van der Waals surface area contributed by atoms with Crippen molar-refractivity contribution < 1.29 is 4.74 Å². The van der Waals surface area contributed by atoms with E-state index in [-0.39, 0.29) is 0 Å². The minimum Gasteiger partial charge on any atom is -0.378 e. The van der Waals surface area contributed by atoms with Gasteiger partial charge in [-0.3, -0.25) is 0 Å². The maximum Gasteiger partial charge on any atom is 0.0613 e. The molecule has 1 aliphatic rings. The Balaban J connectivity index is 2.26. The van der Waals surface area contributed by atoms with Gasteiger partial charge in [-0.05, 0) is 37.5 Å². The first-order chi connectivity index (χ1) is 8.21. The van der Waals surface area contributed by atoms with Crippen molar-refractivity contribution in [2.75, 3.05) is 13.2 Å². The summed E-state index contributed by atoms with van der Waals surface area (Å²) in [5.74, 6) is 1.58. The maximum absolute atomic E-state index is 5.74. The van der Waals surface area contributed by atoms with Crippen LogP contribution >= 0.6 is 0 Å². The van der Waals surface area contributed by atoms with Crippen LogP contribution in [-0.4, -0.2) is 25.3 Å². The summed E-state index contributed by atoms with van der Waals surface area (Å²) < 4.78 is 5.74. The highest BCUT2D eigenvalue weighted by atomic mass is 16.5. The minimum atomic E-state index is 0.503. The molecule has 0 aliphatic carbocycles. The molecule has 0 saturated carbocycles. The van der Waals surface area contributed by atoms with Crippen molar-refractivity contribution in [3.05, 3.63) is 0 Å². The second kappa shape index (κ2) is 8.10. The molecule has 0 spiro atoms. The Kier molecular flexibility index (Phi) is 7.14. The van der Waals surface area contributed by atoms with E-state index in [2.05, 4.69) is 33.0 Å². The third-order valence-corrected chi connectivity index (χ3v) is 4.29. The summed E-state index contributed by atoms with van der Waals surface area (Å²) in [6, 6.07) is 0.697. The van der Waals surface area contributed by atoms with Gasteiger partial charge in [0.05, 0.1) is 6.10 Å². The van der Waals surface area contributed by atoms with Gasteiger partial charge in [0, 0.05) is 19.2 Å². The van der Waals surface area contributed by atoms with Crippen LogP contribution in [0.3, 0.4) is 0 Å². The predicted molar refractivity (Wildman–Crippen MR) is 74.3 cm³/mol. The Labute approximate surface area is 108 Å².